The zero-order chi connectivity index (χ0) is 11.8. The van der Waals surface area contributed by atoms with Gasteiger partial charge < -0.3 is 24.8 Å². The van der Waals surface area contributed by atoms with Crippen molar-refractivity contribution in [2.75, 3.05) is 0 Å². The molecular formula is C12H10Cl2F3Zr. The predicted molar refractivity (Wildman–Crippen MR) is 52.2 cm³/mol. The van der Waals surface area contributed by atoms with Gasteiger partial charge in [-0.1, -0.05) is 0 Å². The molecule has 0 radical (unpaired) electrons. The summed E-state index contributed by atoms with van der Waals surface area (Å²) in [5.41, 5.74) is 2.36. The zero-order valence-electron chi connectivity index (χ0n) is 9.32. The van der Waals surface area contributed by atoms with Crippen molar-refractivity contribution < 1.29 is 62.7 Å². The van der Waals surface area contributed by atoms with Gasteiger partial charge in [-0.2, -0.15) is 0 Å². The van der Waals surface area contributed by atoms with Crippen LogP contribution in [0, 0.1) is 0 Å². The Kier molecular flexibility index (Phi) is 7.20. The molecule has 0 amide bonds. The van der Waals surface area contributed by atoms with E-state index < -0.39 is 12.6 Å². The summed E-state index contributed by atoms with van der Waals surface area (Å²) in [6.45, 7) is 0. The Labute approximate surface area is 132 Å². The molecule has 0 aromatic heterocycles. The molecule has 6 heteroatoms. The average molecular weight is 373 g/mol. The van der Waals surface area contributed by atoms with Gasteiger partial charge in [0.15, 0.2) is 0 Å². The minimum atomic E-state index is -4.11. The number of alkyl halides is 3. The molecular weight excluding hydrogens is 363 g/mol. The van der Waals surface area contributed by atoms with E-state index in [4.69, 9.17) is 0 Å². The van der Waals surface area contributed by atoms with E-state index in [2.05, 4.69) is 0 Å². The fraction of sp³-hybridized carbons (Fsp3) is 0.333. The second kappa shape index (κ2) is 7.12. The third-order valence-corrected chi connectivity index (χ3v) is 3.84. The molecule has 0 N–H and O–H groups in total. The van der Waals surface area contributed by atoms with Gasteiger partial charge in [0.1, 0.15) is 0 Å². The molecule has 0 fully saturated rings. The van der Waals surface area contributed by atoms with Crippen molar-refractivity contribution in [1.29, 1.82) is 0 Å². The van der Waals surface area contributed by atoms with Crippen molar-refractivity contribution in [1.82, 2.24) is 0 Å². The Balaban J connectivity index is 0.00000144. The smallest absolute Gasteiger partial charge is 1.00 e. The van der Waals surface area contributed by atoms with E-state index in [0.29, 0.717) is 12.0 Å². The summed E-state index contributed by atoms with van der Waals surface area (Å²) >= 11 is 1.30. The van der Waals surface area contributed by atoms with Gasteiger partial charge in [-0.3, -0.25) is 0 Å². The second-order valence-electron chi connectivity index (χ2n) is 3.90. The van der Waals surface area contributed by atoms with E-state index in [1.165, 1.54) is 28.0 Å². The zero-order valence-corrected chi connectivity index (χ0v) is 13.3. The van der Waals surface area contributed by atoms with Crippen LogP contribution in [0.5, 0.6) is 0 Å². The predicted octanol–water partition coefficient (Wildman–Crippen LogP) is -2.04. The maximum atomic E-state index is 12.4. The van der Waals surface area contributed by atoms with Crippen molar-refractivity contribution >= 4 is 0 Å². The molecule has 0 saturated carbocycles. The molecule has 97 valence electrons. The topological polar surface area (TPSA) is 0 Å². The second-order valence-corrected chi connectivity index (χ2v) is 5.38. The Bertz CT molecular complexity index is 431. The summed E-state index contributed by atoms with van der Waals surface area (Å²) in [5, 5.41) is 0. The van der Waals surface area contributed by atoms with Crippen molar-refractivity contribution in [2.45, 2.75) is 25.4 Å². The Morgan fingerprint density at radius 3 is 2.17 bits per heavy atom. The molecule has 0 atom stereocenters. The average Bonchev–Trinajstić information content (AvgIpc) is 2.71. The number of allylic oxidation sites excluding steroid dienone is 8. The van der Waals surface area contributed by atoms with Crippen LogP contribution in [0.2, 0.25) is 0 Å². The molecule has 0 aromatic rings. The van der Waals surface area contributed by atoms with Gasteiger partial charge in [-0.15, -0.1) is 0 Å². The largest absolute Gasteiger partial charge is 1.00 e. The standard InChI is InChI=1S/C12H10F3.2ClH.Zr/c13-12(14,15)8-10-6-3-7-11(10)9-4-1-2-5-9;;;/h1,3-4,6H,2,7-8H2;2*1H;/q;;;+2/p-2. The number of rotatable bonds is 2. The van der Waals surface area contributed by atoms with E-state index in [1.54, 1.807) is 6.08 Å². The molecule has 2 aliphatic rings. The molecule has 0 nitrogen and oxygen atoms in total. The molecule has 0 heterocycles. The molecule has 2 aliphatic carbocycles. The Hall–Kier alpha value is 0.213. The molecule has 2 rings (SSSR count). The van der Waals surface area contributed by atoms with Crippen molar-refractivity contribution in [3.63, 3.8) is 0 Å². The fourth-order valence-corrected chi connectivity index (χ4v) is 2.87. The van der Waals surface area contributed by atoms with Crippen molar-refractivity contribution in [3.05, 3.63) is 44.3 Å². The molecule has 0 bridgehead atoms. The van der Waals surface area contributed by atoms with Gasteiger partial charge in [0.05, 0.1) is 0 Å². The fourth-order valence-electron chi connectivity index (χ4n) is 2.00. The van der Waals surface area contributed by atoms with Gasteiger partial charge in [-0.25, -0.2) is 0 Å². The summed E-state index contributed by atoms with van der Waals surface area (Å²) in [4.78, 5) is 0. The Morgan fingerprint density at radius 1 is 1.06 bits per heavy atom. The van der Waals surface area contributed by atoms with Crippen LogP contribution < -0.4 is 24.8 Å². The summed E-state index contributed by atoms with van der Waals surface area (Å²) in [7, 11) is 0. The van der Waals surface area contributed by atoms with Gasteiger partial charge in [0, 0.05) is 0 Å². The molecule has 0 unspecified atom stereocenters. The molecule has 0 saturated heterocycles. The van der Waals surface area contributed by atoms with Crippen LogP contribution in [0.1, 0.15) is 19.3 Å². The summed E-state index contributed by atoms with van der Waals surface area (Å²) in [6.07, 6.45) is 4.04. The minimum Gasteiger partial charge on any atom is -1.00 e. The van der Waals surface area contributed by atoms with E-state index >= 15 is 0 Å². The Morgan fingerprint density at radius 2 is 1.67 bits per heavy atom. The minimum absolute atomic E-state index is 0. The van der Waals surface area contributed by atoms with Crippen LogP contribution >= 0.6 is 0 Å². The van der Waals surface area contributed by atoms with Crippen molar-refractivity contribution in [2.24, 2.45) is 0 Å². The first kappa shape index (κ1) is 18.2. The van der Waals surface area contributed by atoms with Crippen LogP contribution in [0.15, 0.2) is 44.3 Å². The molecule has 0 spiro atoms. The molecule has 0 aliphatic heterocycles. The quantitative estimate of drug-likeness (QED) is 0.524. The van der Waals surface area contributed by atoms with E-state index in [0.717, 1.165) is 17.6 Å². The SMILES string of the molecule is FC(F)(F)CC1=C(C2=[C]([Zr+2])CC=C2)CC=C1.[Cl-].[Cl-]. The van der Waals surface area contributed by atoms with Crippen LogP contribution in [0.25, 0.3) is 0 Å². The van der Waals surface area contributed by atoms with Crippen LogP contribution in [0.3, 0.4) is 0 Å². The van der Waals surface area contributed by atoms with Gasteiger partial charge in [0.25, 0.3) is 0 Å². The van der Waals surface area contributed by atoms with Crippen LogP contribution in [-0.2, 0) is 24.7 Å². The number of hydrogen-bond acceptors (Lipinski definition) is 0. The van der Waals surface area contributed by atoms with Gasteiger partial charge in [0.2, 0.25) is 0 Å². The first-order valence-electron chi connectivity index (χ1n) is 5.04. The van der Waals surface area contributed by atoms with Gasteiger partial charge >= 0.3 is 108 Å². The van der Waals surface area contributed by atoms with Crippen LogP contribution in [0.4, 0.5) is 13.2 Å². The maximum absolute atomic E-state index is 12.4. The first-order chi connectivity index (χ1) is 7.47. The monoisotopic (exact) mass is 371 g/mol. The summed E-state index contributed by atoms with van der Waals surface area (Å²) in [5.74, 6) is 0. The third kappa shape index (κ3) is 4.40. The molecule has 0 aromatic carbocycles. The summed E-state index contributed by atoms with van der Waals surface area (Å²) < 4.78 is 38.4. The summed E-state index contributed by atoms with van der Waals surface area (Å²) in [6, 6.07) is 0. The number of halogens is 5. The maximum Gasteiger partial charge on any atom is -1.00 e. The van der Waals surface area contributed by atoms with E-state index in [-0.39, 0.29) is 24.8 Å². The third-order valence-electron chi connectivity index (χ3n) is 2.68. The van der Waals surface area contributed by atoms with Gasteiger partial charge in [-0.05, 0) is 0 Å². The first-order valence-corrected chi connectivity index (χ1v) is 6.27. The van der Waals surface area contributed by atoms with Crippen molar-refractivity contribution in [3.8, 4) is 0 Å². The normalized spacial score (nSPS) is 18.3. The van der Waals surface area contributed by atoms with Crippen LogP contribution in [-0.4, -0.2) is 6.18 Å². The molecule has 18 heavy (non-hydrogen) atoms. The number of hydrogen-bond donors (Lipinski definition) is 0. The van der Waals surface area contributed by atoms with E-state index in [9.17, 15) is 13.2 Å². The van der Waals surface area contributed by atoms with E-state index in [1.807, 2.05) is 18.2 Å².